The molecule has 6 nitrogen and oxygen atoms in total. The maximum Gasteiger partial charge on any atom is 0.315 e. The topological polar surface area (TPSA) is 108 Å². The number of rotatable bonds is 6. The Balaban J connectivity index is 4.34. The van der Waals surface area contributed by atoms with Gasteiger partial charge in [-0.05, 0) is 18.3 Å². The fraction of sp³-hybridized carbons (Fsp3) is 0.500. The molecule has 0 aromatic carbocycles. The Morgan fingerprint density at radius 1 is 1.56 bits per heavy atom. The summed E-state index contributed by atoms with van der Waals surface area (Å²) in [6.45, 7) is 3.87. The van der Waals surface area contributed by atoms with Crippen molar-refractivity contribution in [3.05, 3.63) is 33.8 Å². The number of unbranched alkanes of at least 4 members (excludes halogenated alkanes) is 1. The van der Waals surface area contributed by atoms with Crippen molar-refractivity contribution < 1.29 is 4.92 Å². The summed E-state index contributed by atoms with van der Waals surface area (Å²) in [4.78, 5) is 13.5. The molecule has 0 aromatic heterocycles. The van der Waals surface area contributed by atoms with Crippen LogP contribution >= 0.6 is 0 Å². The molecule has 0 heterocycles. The Bertz CT molecular complexity index is 321. The van der Waals surface area contributed by atoms with Crippen LogP contribution in [0.25, 0.3) is 0 Å². The highest BCUT2D eigenvalue weighted by atomic mass is 16.6. The fourth-order valence-electron chi connectivity index (χ4n) is 0.877. The second kappa shape index (κ2) is 7.44. The van der Waals surface area contributed by atoms with Crippen LogP contribution in [0.15, 0.2) is 28.7 Å². The van der Waals surface area contributed by atoms with Crippen molar-refractivity contribution in [2.75, 3.05) is 0 Å². The molecule has 90 valence electrons. The molecule has 0 aliphatic carbocycles. The van der Waals surface area contributed by atoms with Gasteiger partial charge in [0.1, 0.15) is 0 Å². The first-order valence-electron chi connectivity index (χ1n) is 5.07. The highest BCUT2D eigenvalue weighted by Crippen LogP contribution is 2.01. The highest BCUT2D eigenvalue weighted by Gasteiger charge is 2.01. The first-order chi connectivity index (χ1) is 7.49. The Morgan fingerprint density at radius 2 is 2.19 bits per heavy atom. The smallest absolute Gasteiger partial charge is 0.315 e. The van der Waals surface area contributed by atoms with E-state index in [1.54, 1.807) is 0 Å². The molecule has 4 N–H and O–H groups in total. The van der Waals surface area contributed by atoms with Crippen molar-refractivity contribution in [2.45, 2.75) is 32.7 Å². The Labute approximate surface area is 94.9 Å². The predicted molar refractivity (Wildman–Crippen MR) is 64.4 cm³/mol. The van der Waals surface area contributed by atoms with E-state index in [1.165, 1.54) is 6.21 Å². The lowest BCUT2D eigenvalue weighted by Crippen LogP contribution is -2.12. The Hall–Kier alpha value is -1.85. The number of nitrogens with two attached hydrogens (primary N) is 2. The number of allylic oxidation sites excluding steroid dienone is 2. The van der Waals surface area contributed by atoms with E-state index in [0.717, 1.165) is 18.9 Å². The molecular formula is C10H18N4O2. The van der Waals surface area contributed by atoms with Gasteiger partial charge in [-0.3, -0.25) is 10.7 Å². The minimum absolute atomic E-state index is 0.192. The largest absolute Gasteiger partial charge is 0.401 e. The van der Waals surface area contributed by atoms with Gasteiger partial charge in [0.2, 0.25) is 0 Å². The highest BCUT2D eigenvalue weighted by molar-refractivity contribution is 5.71. The van der Waals surface area contributed by atoms with Crippen LogP contribution in [0.2, 0.25) is 0 Å². The van der Waals surface area contributed by atoms with Crippen LogP contribution in [0.3, 0.4) is 0 Å². The summed E-state index contributed by atoms with van der Waals surface area (Å²) < 4.78 is 0. The van der Waals surface area contributed by atoms with Gasteiger partial charge in [-0.2, -0.15) is 0 Å². The molecule has 0 rings (SSSR count). The van der Waals surface area contributed by atoms with Gasteiger partial charge in [-0.25, -0.2) is 0 Å². The van der Waals surface area contributed by atoms with E-state index >= 15 is 0 Å². The van der Waals surface area contributed by atoms with Crippen LogP contribution in [0, 0.1) is 10.1 Å². The van der Waals surface area contributed by atoms with Gasteiger partial charge in [-0.15, -0.1) is 0 Å². The summed E-state index contributed by atoms with van der Waals surface area (Å²) in [6, 6.07) is -0.192. The van der Waals surface area contributed by atoms with Crippen LogP contribution in [-0.2, 0) is 0 Å². The molecule has 0 bridgehead atoms. The summed E-state index contributed by atoms with van der Waals surface area (Å²) in [5.41, 5.74) is 11.5. The van der Waals surface area contributed by atoms with Crippen LogP contribution in [0.1, 0.15) is 26.7 Å². The van der Waals surface area contributed by atoms with Gasteiger partial charge in [0.25, 0.3) is 0 Å². The van der Waals surface area contributed by atoms with E-state index < -0.39 is 10.7 Å². The molecule has 6 heteroatoms. The molecule has 1 unspecified atom stereocenters. The van der Waals surface area contributed by atoms with E-state index in [2.05, 4.69) is 11.9 Å². The number of hydrogen-bond donors (Lipinski definition) is 2. The predicted octanol–water partition coefficient (Wildman–Crippen LogP) is 1.17. The van der Waals surface area contributed by atoms with Crippen molar-refractivity contribution in [3.8, 4) is 0 Å². The molecule has 0 amide bonds. The lowest BCUT2D eigenvalue weighted by molar-refractivity contribution is -0.426. The van der Waals surface area contributed by atoms with Crippen molar-refractivity contribution in [1.29, 1.82) is 0 Å². The minimum atomic E-state index is -0.674. The molecule has 0 aliphatic rings. The monoisotopic (exact) mass is 226 g/mol. The molecule has 1 atom stereocenters. The second-order valence-electron chi connectivity index (χ2n) is 3.32. The zero-order chi connectivity index (χ0) is 12.6. The first kappa shape index (κ1) is 14.2. The van der Waals surface area contributed by atoms with Crippen LogP contribution in [0.5, 0.6) is 0 Å². The lowest BCUT2D eigenvalue weighted by atomic mass is 10.2. The molecule has 0 aliphatic heterocycles. The van der Waals surface area contributed by atoms with Gasteiger partial charge in [0, 0.05) is 18.0 Å². The molecule has 0 fully saturated rings. The number of aliphatic imine (C=N–C) groups is 1. The average molecular weight is 226 g/mol. The van der Waals surface area contributed by atoms with E-state index in [-0.39, 0.29) is 6.04 Å². The lowest BCUT2D eigenvalue weighted by Gasteiger charge is -2.05. The quantitative estimate of drug-likeness (QED) is 0.402. The fourth-order valence-corrected chi connectivity index (χ4v) is 0.877. The summed E-state index contributed by atoms with van der Waals surface area (Å²) in [5, 5.41) is 10.2. The Kier molecular flexibility index (Phi) is 6.58. The van der Waals surface area contributed by atoms with E-state index in [1.807, 2.05) is 13.0 Å². The van der Waals surface area contributed by atoms with E-state index in [4.69, 9.17) is 11.5 Å². The van der Waals surface area contributed by atoms with E-state index in [0.29, 0.717) is 5.70 Å². The van der Waals surface area contributed by atoms with Crippen molar-refractivity contribution in [1.82, 2.24) is 0 Å². The number of hydrogen-bond acceptors (Lipinski definition) is 5. The number of nitro groups is 1. The SMILES string of the molecule is CCC/C=C(/N)C(C)N=CC=C(N)[N+](=O)[O-]. The number of nitrogens with zero attached hydrogens (tertiary/aromatic N) is 2. The van der Waals surface area contributed by atoms with Crippen molar-refractivity contribution in [3.63, 3.8) is 0 Å². The maximum absolute atomic E-state index is 10.2. The van der Waals surface area contributed by atoms with Crippen molar-refractivity contribution >= 4 is 6.21 Å². The summed E-state index contributed by atoms with van der Waals surface area (Å²) in [7, 11) is 0. The maximum atomic E-state index is 10.2. The molecule has 0 spiro atoms. The second-order valence-corrected chi connectivity index (χ2v) is 3.32. The summed E-state index contributed by atoms with van der Waals surface area (Å²) >= 11 is 0. The van der Waals surface area contributed by atoms with Crippen molar-refractivity contribution in [2.24, 2.45) is 16.5 Å². The molecular weight excluding hydrogens is 208 g/mol. The van der Waals surface area contributed by atoms with Crippen LogP contribution < -0.4 is 11.5 Å². The van der Waals surface area contributed by atoms with Crippen LogP contribution in [-0.4, -0.2) is 17.2 Å². The summed E-state index contributed by atoms with van der Waals surface area (Å²) in [5.74, 6) is -0.438. The zero-order valence-corrected chi connectivity index (χ0v) is 9.59. The zero-order valence-electron chi connectivity index (χ0n) is 9.59. The molecule has 0 radical (unpaired) electrons. The molecule has 0 saturated heterocycles. The standard InChI is InChI=1S/C10H18N4O2/c1-3-4-5-9(11)8(2)13-7-6-10(12)14(15)16/h5-8H,3-4,11-12H2,1-2H3/b9-5+,10-6?,13-7?. The minimum Gasteiger partial charge on any atom is -0.401 e. The van der Waals surface area contributed by atoms with Gasteiger partial charge in [0.05, 0.1) is 6.04 Å². The molecule has 16 heavy (non-hydrogen) atoms. The molecule has 0 aromatic rings. The van der Waals surface area contributed by atoms with Gasteiger partial charge in [-0.1, -0.05) is 19.4 Å². The first-order valence-corrected chi connectivity index (χ1v) is 5.07. The van der Waals surface area contributed by atoms with Gasteiger partial charge < -0.3 is 15.8 Å². The average Bonchev–Trinajstić information content (AvgIpc) is 2.25. The van der Waals surface area contributed by atoms with E-state index in [9.17, 15) is 10.1 Å². The Morgan fingerprint density at radius 3 is 2.69 bits per heavy atom. The molecule has 0 saturated carbocycles. The normalized spacial score (nSPS) is 15.4. The van der Waals surface area contributed by atoms with Crippen LogP contribution in [0.4, 0.5) is 0 Å². The van der Waals surface area contributed by atoms with Gasteiger partial charge >= 0.3 is 5.82 Å². The third-order valence-corrected chi connectivity index (χ3v) is 1.92. The third kappa shape index (κ3) is 5.79. The third-order valence-electron chi connectivity index (χ3n) is 1.92. The van der Waals surface area contributed by atoms with Gasteiger partial charge in [0.15, 0.2) is 0 Å². The summed E-state index contributed by atoms with van der Waals surface area (Å²) in [6.07, 6.45) is 6.27.